The van der Waals surface area contributed by atoms with Crippen LogP contribution >= 0.6 is 0 Å². The minimum Gasteiger partial charge on any atom is -0.481 e. The Morgan fingerprint density at radius 3 is 2.20 bits per heavy atom. The summed E-state index contributed by atoms with van der Waals surface area (Å²) in [6.45, 7) is 0. The lowest BCUT2D eigenvalue weighted by Gasteiger charge is -2.16. The van der Waals surface area contributed by atoms with E-state index in [1.54, 1.807) is 0 Å². The first-order valence-corrected chi connectivity index (χ1v) is 7.14. The van der Waals surface area contributed by atoms with E-state index < -0.39 is 5.97 Å². The third-order valence-corrected chi connectivity index (χ3v) is 4.28. The normalized spacial score (nSPS) is 21.8. The Morgan fingerprint density at radius 2 is 1.55 bits per heavy atom. The van der Waals surface area contributed by atoms with Crippen LogP contribution in [0.2, 0.25) is 0 Å². The van der Waals surface area contributed by atoms with Crippen molar-refractivity contribution < 1.29 is 9.90 Å². The van der Waals surface area contributed by atoms with Crippen LogP contribution in [0.1, 0.15) is 30.7 Å². The third-order valence-electron chi connectivity index (χ3n) is 4.28. The van der Waals surface area contributed by atoms with E-state index in [2.05, 4.69) is 36.4 Å². The van der Waals surface area contributed by atoms with Gasteiger partial charge in [0.2, 0.25) is 0 Å². The number of benzene rings is 2. The summed E-state index contributed by atoms with van der Waals surface area (Å²) in [5, 5.41) is 9.28. The first kappa shape index (κ1) is 12.9. The molecule has 2 aromatic rings. The van der Waals surface area contributed by atoms with Gasteiger partial charge in [0.25, 0.3) is 0 Å². The Bertz CT molecular complexity index is 587. The van der Waals surface area contributed by atoms with Crippen molar-refractivity contribution in [2.75, 3.05) is 0 Å². The van der Waals surface area contributed by atoms with Gasteiger partial charge in [-0.15, -0.1) is 0 Å². The molecule has 1 fully saturated rings. The number of carbonyl (C=O) groups is 1. The van der Waals surface area contributed by atoms with Crippen molar-refractivity contribution in [3.8, 4) is 11.1 Å². The molecular weight excluding hydrogens is 248 g/mol. The van der Waals surface area contributed by atoms with E-state index >= 15 is 0 Å². The summed E-state index contributed by atoms with van der Waals surface area (Å²) in [5.41, 5.74) is 3.54. The monoisotopic (exact) mass is 266 g/mol. The summed E-state index contributed by atoms with van der Waals surface area (Å²) in [7, 11) is 0. The molecule has 1 N–H and O–H groups in total. The molecule has 0 aromatic heterocycles. The molecule has 1 aliphatic carbocycles. The Labute approximate surface area is 119 Å². The van der Waals surface area contributed by atoms with Crippen molar-refractivity contribution >= 4 is 5.97 Å². The lowest BCUT2D eigenvalue weighted by Crippen LogP contribution is -2.16. The van der Waals surface area contributed by atoms with Gasteiger partial charge < -0.3 is 5.11 Å². The smallest absolute Gasteiger partial charge is 0.307 e. The Hall–Kier alpha value is -2.09. The van der Waals surface area contributed by atoms with Gasteiger partial charge in [-0.1, -0.05) is 61.0 Å². The predicted octanol–water partition coefficient (Wildman–Crippen LogP) is 4.32. The van der Waals surface area contributed by atoms with Crippen LogP contribution in [0.3, 0.4) is 0 Å². The van der Waals surface area contributed by atoms with Crippen LogP contribution < -0.4 is 0 Å². The van der Waals surface area contributed by atoms with Gasteiger partial charge in [-0.25, -0.2) is 0 Å². The highest BCUT2D eigenvalue weighted by molar-refractivity contribution is 5.72. The number of rotatable bonds is 3. The molecule has 2 atom stereocenters. The predicted molar refractivity (Wildman–Crippen MR) is 79.6 cm³/mol. The summed E-state index contributed by atoms with van der Waals surface area (Å²) in [5.74, 6) is -0.686. The minimum atomic E-state index is -0.653. The lowest BCUT2D eigenvalue weighted by molar-refractivity contribution is -0.142. The van der Waals surface area contributed by atoms with E-state index in [1.807, 2.05) is 18.2 Å². The van der Waals surface area contributed by atoms with Crippen molar-refractivity contribution in [2.45, 2.75) is 25.2 Å². The molecule has 2 heteroatoms. The molecule has 0 amide bonds. The highest BCUT2D eigenvalue weighted by atomic mass is 16.4. The van der Waals surface area contributed by atoms with Crippen LogP contribution in [0.25, 0.3) is 11.1 Å². The SMILES string of the molecule is O=C(O)C1CCCC1c1ccc(-c2ccccc2)cc1. The molecular formula is C18H18O2. The van der Waals surface area contributed by atoms with Gasteiger partial charge in [0.05, 0.1) is 5.92 Å². The second-order valence-corrected chi connectivity index (χ2v) is 5.47. The Balaban J connectivity index is 1.85. The van der Waals surface area contributed by atoms with Gasteiger partial charge in [-0.05, 0) is 35.4 Å². The highest BCUT2D eigenvalue weighted by Gasteiger charge is 2.33. The maximum absolute atomic E-state index is 11.3. The third kappa shape index (κ3) is 2.46. The van der Waals surface area contributed by atoms with Crippen LogP contribution in [0, 0.1) is 5.92 Å². The molecule has 0 aliphatic heterocycles. The van der Waals surface area contributed by atoms with E-state index in [0.29, 0.717) is 0 Å². The van der Waals surface area contributed by atoms with E-state index in [9.17, 15) is 9.90 Å². The van der Waals surface area contributed by atoms with Crippen LogP contribution in [-0.2, 0) is 4.79 Å². The molecule has 0 heterocycles. The van der Waals surface area contributed by atoms with E-state index in [0.717, 1.165) is 24.8 Å². The standard InChI is InChI=1S/C18H18O2/c19-18(20)17-8-4-7-16(17)15-11-9-14(10-12-15)13-5-2-1-3-6-13/h1-3,5-6,9-12,16-17H,4,7-8H2,(H,19,20). The fraction of sp³-hybridized carbons (Fsp3) is 0.278. The van der Waals surface area contributed by atoms with Crippen LogP contribution in [0.5, 0.6) is 0 Å². The first-order chi connectivity index (χ1) is 9.75. The Morgan fingerprint density at radius 1 is 0.900 bits per heavy atom. The topological polar surface area (TPSA) is 37.3 Å². The maximum Gasteiger partial charge on any atom is 0.307 e. The molecule has 1 saturated carbocycles. The second kappa shape index (κ2) is 5.49. The molecule has 0 bridgehead atoms. The van der Waals surface area contributed by atoms with Crippen molar-refractivity contribution in [1.29, 1.82) is 0 Å². The average molecular weight is 266 g/mol. The van der Waals surface area contributed by atoms with Crippen LogP contribution in [0.4, 0.5) is 0 Å². The lowest BCUT2D eigenvalue weighted by atomic mass is 9.88. The maximum atomic E-state index is 11.3. The number of carboxylic acids is 1. The number of hydrogen-bond donors (Lipinski definition) is 1. The zero-order chi connectivity index (χ0) is 13.9. The summed E-state index contributed by atoms with van der Waals surface area (Å²) in [6, 6.07) is 18.6. The van der Waals surface area contributed by atoms with Gasteiger partial charge in [0.15, 0.2) is 0 Å². The molecule has 0 radical (unpaired) electrons. The summed E-state index contributed by atoms with van der Waals surface area (Å²) in [4.78, 5) is 11.3. The van der Waals surface area contributed by atoms with Crippen LogP contribution in [-0.4, -0.2) is 11.1 Å². The molecule has 102 valence electrons. The van der Waals surface area contributed by atoms with Crippen molar-refractivity contribution in [2.24, 2.45) is 5.92 Å². The molecule has 0 spiro atoms. The zero-order valence-electron chi connectivity index (χ0n) is 11.3. The molecule has 3 rings (SSSR count). The second-order valence-electron chi connectivity index (χ2n) is 5.47. The minimum absolute atomic E-state index is 0.178. The van der Waals surface area contributed by atoms with E-state index in [-0.39, 0.29) is 11.8 Å². The number of aliphatic carboxylic acids is 1. The molecule has 2 nitrogen and oxygen atoms in total. The van der Waals surface area contributed by atoms with Gasteiger partial charge in [-0.3, -0.25) is 4.79 Å². The molecule has 2 unspecified atom stereocenters. The molecule has 0 saturated heterocycles. The summed E-state index contributed by atoms with van der Waals surface area (Å²) < 4.78 is 0. The van der Waals surface area contributed by atoms with E-state index in [4.69, 9.17) is 0 Å². The van der Waals surface area contributed by atoms with Gasteiger partial charge >= 0.3 is 5.97 Å². The van der Waals surface area contributed by atoms with Gasteiger partial charge in [0.1, 0.15) is 0 Å². The van der Waals surface area contributed by atoms with Crippen molar-refractivity contribution in [3.63, 3.8) is 0 Å². The zero-order valence-corrected chi connectivity index (χ0v) is 11.3. The van der Waals surface area contributed by atoms with Gasteiger partial charge in [-0.2, -0.15) is 0 Å². The number of carboxylic acid groups (broad SMARTS) is 1. The highest BCUT2D eigenvalue weighted by Crippen LogP contribution is 2.40. The largest absolute Gasteiger partial charge is 0.481 e. The fourth-order valence-electron chi connectivity index (χ4n) is 3.21. The van der Waals surface area contributed by atoms with E-state index in [1.165, 1.54) is 11.1 Å². The van der Waals surface area contributed by atoms with Crippen molar-refractivity contribution in [3.05, 3.63) is 60.2 Å². The quantitative estimate of drug-likeness (QED) is 0.898. The van der Waals surface area contributed by atoms with Crippen LogP contribution in [0.15, 0.2) is 54.6 Å². The number of hydrogen-bond acceptors (Lipinski definition) is 1. The first-order valence-electron chi connectivity index (χ1n) is 7.14. The molecule has 20 heavy (non-hydrogen) atoms. The molecule has 1 aliphatic rings. The fourth-order valence-corrected chi connectivity index (χ4v) is 3.21. The Kier molecular flexibility index (Phi) is 3.55. The van der Waals surface area contributed by atoms with Crippen molar-refractivity contribution in [1.82, 2.24) is 0 Å². The summed E-state index contributed by atoms with van der Waals surface area (Å²) in [6.07, 6.45) is 2.81. The van der Waals surface area contributed by atoms with Gasteiger partial charge in [0, 0.05) is 0 Å². The summed E-state index contributed by atoms with van der Waals surface area (Å²) >= 11 is 0. The molecule has 2 aromatic carbocycles. The average Bonchev–Trinajstić information content (AvgIpc) is 2.98.